The number of nitrogens with one attached hydrogen (secondary N) is 1. The van der Waals surface area contributed by atoms with Crippen LogP contribution in [0.25, 0.3) is 0 Å². The Morgan fingerprint density at radius 1 is 1.44 bits per heavy atom. The molecule has 0 aliphatic rings. The van der Waals surface area contributed by atoms with Gasteiger partial charge in [0.1, 0.15) is 4.34 Å². The van der Waals surface area contributed by atoms with E-state index in [2.05, 4.69) is 21.2 Å². The second-order valence-electron chi connectivity index (χ2n) is 3.12. The standard InChI is InChI=1S/C10H8BrCl2NS2/c1-14-8(9-6(12)2-3-15-9)7-4-5(11)10(13)16-7/h2-4,8,14H,1H3. The van der Waals surface area contributed by atoms with Gasteiger partial charge in [0.2, 0.25) is 0 Å². The fourth-order valence-electron chi connectivity index (χ4n) is 1.42. The Bertz CT molecular complexity index is 475. The van der Waals surface area contributed by atoms with Crippen molar-refractivity contribution in [3.8, 4) is 0 Å². The van der Waals surface area contributed by atoms with Crippen molar-refractivity contribution in [2.75, 3.05) is 7.05 Å². The molecule has 2 aromatic heterocycles. The Balaban J connectivity index is 2.40. The van der Waals surface area contributed by atoms with Crippen molar-refractivity contribution in [2.24, 2.45) is 0 Å². The Morgan fingerprint density at radius 3 is 2.62 bits per heavy atom. The summed E-state index contributed by atoms with van der Waals surface area (Å²) >= 11 is 18.8. The molecule has 2 rings (SSSR count). The number of rotatable bonds is 3. The maximum absolute atomic E-state index is 6.14. The van der Waals surface area contributed by atoms with Crippen LogP contribution in [-0.4, -0.2) is 7.05 Å². The van der Waals surface area contributed by atoms with Gasteiger partial charge in [0.25, 0.3) is 0 Å². The first kappa shape index (κ1) is 12.9. The van der Waals surface area contributed by atoms with Crippen LogP contribution in [0.15, 0.2) is 22.0 Å². The lowest BCUT2D eigenvalue weighted by Gasteiger charge is -2.12. The van der Waals surface area contributed by atoms with Gasteiger partial charge < -0.3 is 5.32 Å². The molecule has 2 heterocycles. The van der Waals surface area contributed by atoms with Gasteiger partial charge in [-0.1, -0.05) is 23.2 Å². The summed E-state index contributed by atoms with van der Waals surface area (Å²) in [6.45, 7) is 0. The first-order chi connectivity index (χ1) is 7.63. The second kappa shape index (κ2) is 5.38. The maximum Gasteiger partial charge on any atom is 0.107 e. The number of halogens is 3. The van der Waals surface area contributed by atoms with Crippen molar-refractivity contribution < 1.29 is 0 Å². The van der Waals surface area contributed by atoms with Crippen molar-refractivity contribution in [1.82, 2.24) is 5.32 Å². The van der Waals surface area contributed by atoms with Crippen LogP contribution in [0.3, 0.4) is 0 Å². The molecular formula is C10H8BrCl2NS2. The van der Waals surface area contributed by atoms with Gasteiger partial charge in [-0.15, -0.1) is 22.7 Å². The first-order valence-corrected chi connectivity index (χ1v) is 7.73. The topological polar surface area (TPSA) is 12.0 Å². The van der Waals surface area contributed by atoms with Crippen LogP contribution < -0.4 is 5.32 Å². The van der Waals surface area contributed by atoms with Gasteiger partial charge in [0.15, 0.2) is 0 Å². The van der Waals surface area contributed by atoms with Crippen molar-refractivity contribution >= 4 is 61.8 Å². The molecule has 0 saturated heterocycles. The van der Waals surface area contributed by atoms with Crippen molar-refractivity contribution in [3.05, 3.63) is 41.1 Å². The second-order valence-corrected chi connectivity index (χ2v) is 7.02. The molecule has 0 fully saturated rings. The predicted molar refractivity (Wildman–Crippen MR) is 77.3 cm³/mol. The predicted octanol–water partition coefficient (Wildman–Crippen LogP) is 5.19. The van der Waals surface area contributed by atoms with Crippen molar-refractivity contribution in [2.45, 2.75) is 6.04 Å². The molecule has 0 amide bonds. The molecule has 2 aromatic rings. The quantitative estimate of drug-likeness (QED) is 0.798. The van der Waals surface area contributed by atoms with E-state index in [1.54, 1.807) is 22.7 Å². The van der Waals surface area contributed by atoms with Crippen LogP contribution >= 0.6 is 61.8 Å². The fraction of sp³-hybridized carbons (Fsp3) is 0.200. The maximum atomic E-state index is 6.14. The van der Waals surface area contributed by atoms with E-state index in [4.69, 9.17) is 23.2 Å². The summed E-state index contributed by atoms with van der Waals surface area (Å²) in [6.07, 6.45) is 0. The van der Waals surface area contributed by atoms with Crippen LogP contribution in [0, 0.1) is 0 Å². The third-order valence-corrected chi connectivity index (χ3v) is 6.11. The largest absolute Gasteiger partial charge is 0.308 e. The summed E-state index contributed by atoms with van der Waals surface area (Å²) in [5.74, 6) is 0. The van der Waals surface area contributed by atoms with Crippen LogP contribution in [0.2, 0.25) is 9.36 Å². The van der Waals surface area contributed by atoms with E-state index in [0.29, 0.717) is 0 Å². The Hall–Kier alpha value is 0.420. The number of hydrogen-bond donors (Lipinski definition) is 1. The molecule has 0 spiro atoms. The Kier molecular flexibility index (Phi) is 4.32. The minimum Gasteiger partial charge on any atom is -0.308 e. The molecule has 1 atom stereocenters. The monoisotopic (exact) mass is 355 g/mol. The molecule has 0 radical (unpaired) electrons. The van der Waals surface area contributed by atoms with Gasteiger partial charge >= 0.3 is 0 Å². The molecule has 86 valence electrons. The summed E-state index contributed by atoms with van der Waals surface area (Å²) in [6, 6.07) is 4.06. The molecule has 1 nitrogen and oxygen atoms in total. The van der Waals surface area contributed by atoms with Crippen LogP contribution in [-0.2, 0) is 0 Å². The summed E-state index contributed by atoms with van der Waals surface area (Å²) in [7, 11) is 1.92. The molecule has 0 aliphatic heterocycles. The molecule has 0 bridgehead atoms. The average Bonchev–Trinajstić information content (AvgIpc) is 2.78. The zero-order valence-corrected chi connectivity index (χ0v) is 13.0. The SMILES string of the molecule is CNC(c1cc(Br)c(Cl)s1)c1sccc1Cl. The van der Waals surface area contributed by atoms with Crippen molar-refractivity contribution in [3.63, 3.8) is 0 Å². The zero-order valence-electron chi connectivity index (χ0n) is 8.26. The van der Waals surface area contributed by atoms with E-state index < -0.39 is 0 Å². The molecular weight excluding hydrogens is 349 g/mol. The van der Waals surface area contributed by atoms with E-state index in [-0.39, 0.29) is 6.04 Å². The van der Waals surface area contributed by atoms with E-state index >= 15 is 0 Å². The summed E-state index contributed by atoms with van der Waals surface area (Å²) in [5.41, 5.74) is 0. The highest BCUT2D eigenvalue weighted by atomic mass is 79.9. The van der Waals surface area contributed by atoms with Gasteiger partial charge in [-0.25, -0.2) is 0 Å². The molecule has 6 heteroatoms. The molecule has 16 heavy (non-hydrogen) atoms. The molecule has 0 aromatic carbocycles. The highest BCUT2D eigenvalue weighted by Crippen LogP contribution is 2.40. The molecule has 1 unspecified atom stereocenters. The van der Waals surface area contributed by atoms with E-state index in [9.17, 15) is 0 Å². The van der Waals surface area contributed by atoms with Crippen LogP contribution in [0.5, 0.6) is 0 Å². The third kappa shape index (κ3) is 2.47. The van der Waals surface area contributed by atoms with Gasteiger partial charge in [-0.3, -0.25) is 0 Å². The normalized spacial score (nSPS) is 13.0. The van der Waals surface area contributed by atoms with Crippen LogP contribution in [0.1, 0.15) is 15.8 Å². The van der Waals surface area contributed by atoms with Crippen molar-refractivity contribution in [1.29, 1.82) is 0 Å². The number of hydrogen-bond acceptors (Lipinski definition) is 3. The third-order valence-electron chi connectivity index (χ3n) is 2.14. The lowest BCUT2D eigenvalue weighted by Crippen LogP contribution is -2.15. The summed E-state index contributed by atoms with van der Waals surface area (Å²) in [5, 5.41) is 6.05. The van der Waals surface area contributed by atoms with E-state index in [0.717, 1.165) is 23.6 Å². The molecule has 1 N–H and O–H groups in total. The lowest BCUT2D eigenvalue weighted by molar-refractivity contribution is 0.716. The summed E-state index contributed by atoms with van der Waals surface area (Å²) < 4.78 is 1.70. The van der Waals surface area contributed by atoms with Gasteiger partial charge in [0.05, 0.1) is 11.1 Å². The zero-order chi connectivity index (χ0) is 11.7. The highest BCUT2D eigenvalue weighted by molar-refractivity contribution is 9.10. The minimum atomic E-state index is 0.112. The fourth-order valence-corrected chi connectivity index (χ4v) is 4.64. The Morgan fingerprint density at radius 2 is 2.19 bits per heavy atom. The van der Waals surface area contributed by atoms with E-state index in [1.165, 1.54) is 0 Å². The van der Waals surface area contributed by atoms with Gasteiger partial charge in [0, 0.05) is 14.2 Å². The van der Waals surface area contributed by atoms with E-state index in [1.807, 2.05) is 24.6 Å². The van der Waals surface area contributed by atoms with Crippen LogP contribution in [0.4, 0.5) is 0 Å². The molecule has 0 aliphatic carbocycles. The van der Waals surface area contributed by atoms with Gasteiger partial charge in [-0.2, -0.15) is 0 Å². The lowest BCUT2D eigenvalue weighted by atomic mass is 10.2. The first-order valence-electron chi connectivity index (χ1n) is 4.48. The Labute approximate surface area is 121 Å². The minimum absolute atomic E-state index is 0.112. The average molecular weight is 357 g/mol. The number of thiophene rings is 2. The summed E-state index contributed by atoms with van der Waals surface area (Å²) in [4.78, 5) is 2.28. The highest BCUT2D eigenvalue weighted by Gasteiger charge is 2.19. The molecule has 0 saturated carbocycles. The smallest absolute Gasteiger partial charge is 0.107 e. The van der Waals surface area contributed by atoms with Gasteiger partial charge in [-0.05, 0) is 40.5 Å².